The zero-order valence-corrected chi connectivity index (χ0v) is 23.0. The Bertz CT molecular complexity index is 1560. The monoisotopic (exact) mass is 519 g/mol. The molecule has 3 aliphatic heterocycles. The van der Waals surface area contributed by atoms with Crippen molar-refractivity contribution in [3.05, 3.63) is 53.7 Å². The molecular weight excluding hydrogens is 482 g/mol. The van der Waals surface area contributed by atoms with Crippen molar-refractivity contribution in [3.8, 4) is 17.3 Å². The van der Waals surface area contributed by atoms with Gasteiger partial charge in [-0.15, -0.1) is 0 Å². The summed E-state index contributed by atoms with van der Waals surface area (Å²) in [5.74, 6) is 1.19. The number of fused-ring (bicyclic) bond motifs is 5. The van der Waals surface area contributed by atoms with E-state index in [1.807, 2.05) is 6.20 Å². The molecule has 2 aromatic carbocycles. The van der Waals surface area contributed by atoms with Crippen LogP contribution in [0.25, 0.3) is 32.9 Å². The Morgan fingerprint density at radius 3 is 2.46 bits per heavy atom. The van der Waals surface area contributed by atoms with Crippen molar-refractivity contribution < 1.29 is 4.74 Å². The molecular formula is C33H37N5O. The Hall–Kier alpha value is -3.25. The molecule has 0 saturated carbocycles. The lowest BCUT2D eigenvalue weighted by atomic mass is 9.79. The normalized spacial score (nSPS) is 22.2. The summed E-state index contributed by atoms with van der Waals surface area (Å²) in [6, 6.07) is 13.8. The first-order valence-corrected chi connectivity index (χ1v) is 15.1. The third kappa shape index (κ3) is 3.67. The van der Waals surface area contributed by atoms with Crippen LogP contribution in [0.15, 0.2) is 42.6 Å². The fraction of sp³-hybridized carbons (Fsp3) is 0.485. The molecule has 5 heterocycles. The quantitative estimate of drug-likeness (QED) is 0.299. The van der Waals surface area contributed by atoms with Crippen LogP contribution in [-0.4, -0.2) is 58.2 Å². The van der Waals surface area contributed by atoms with E-state index in [4.69, 9.17) is 19.7 Å². The van der Waals surface area contributed by atoms with Gasteiger partial charge in [0.25, 0.3) is 0 Å². The molecule has 1 aliphatic carbocycles. The standard InChI is InChI=1S/C33H37N5O/c1-22-24-12-6-10-23-11-7-13-25(28(23)24)29-27(22)30-26(20-34-29)31(37-16-4-2-3-5-17-37)36-32(35-30)39-21-33-14-8-18-38(33)19-9-15-33/h6-7,10-13,20,22H,2-5,8-9,14-19,21H2,1H3. The van der Waals surface area contributed by atoms with E-state index in [-0.39, 0.29) is 11.5 Å². The van der Waals surface area contributed by atoms with E-state index in [2.05, 4.69) is 53.1 Å². The highest BCUT2D eigenvalue weighted by atomic mass is 16.5. The number of ether oxygens (including phenoxy) is 1. The number of rotatable bonds is 4. The lowest BCUT2D eigenvalue weighted by Crippen LogP contribution is -2.43. The van der Waals surface area contributed by atoms with Crippen molar-refractivity contribution >= 4 is 27.5 Å². The lowest BCUT2D eigenvalue weighted by Gasteiger charge is -2.32. The minimum atomic E-state index is 0.167. The molecule has 39 heavy (non-hydrogen) atoms. The topological polar surface area (TPSA) is 54.4 Å². The first-order valence-electron chi connectivity index (χ1n) is 15.1. The molecule has 200 valence electrons. The predicted octanol–water partition coefficient (Wildman–Crippen LogP) is 6.70. The number of pyridine rings is 1. The highest BCUT2D eigenvalue weighted by Crippen LogP contribution is 2.47. The molecule has 1 unspecified atom stereocenters. The van der Waals surface area contributed by atoms with E-state index in [1.165, 1.54) is 91.9 Å². The summed E-state index contributed by atoms with van der Waals surface area (Å²) in [6.07, 6.45) is 12.0. The van der Waals surface area contributed by atoms with Gasteiger partial charge in [-0.05, 0) is 68.0 Å². The van der Waals surface area contributed by atoms with Gasteiger partial charge in [-0.25, -0.2) is 0 Å². The average molecular weight is 520 g/mol. The van der Waals surface area contributed by atoms with E-state index in [0.29, 0.717) is 12.6 Å². The molecule has 0 radical (unpaired) electrons. The zero-order chi connectivity index (χ0) is 26.0. The molecule has 3 fully saturated rings. The summed E-state index contributed by atoms with van der Waals surface area (Å²) in [5, 5.41) is 3.66. The van der Waals surface area contributed by atoms with Crippen molar-refractivity contribution in [1.82, 2.24) is 19.9 Å². The van der Waals surface area contributed by atoms with Gasteiger partial charge in [0.15, 0.2) is 0 Å². The van der Waals surface area contributed by atoms with Gasteiger partial charge in [-0.3, -0.25) is 9.88 Å². The second kappa shape index (κ2) is 9.16. The molecule has 4 aromatic rings. The third-order valence-corrected chi connectivity index (χ3v) is 10.0. The maximum Gasteiger partial charge on any atom is 0.319 e. The van der Waals surface area contributed by atoms with Gasteiger partial charge in [0, 0.05) is 36.3 Å². The molecule has 4 aliphatic rings. The Morgan fingerprint density at radius 2 is 1.67 bits per heavy atom. The van der Waals surface area contributed by atoms with Gasteiger partial charge in [0.05, 0.1) is 22.1 Å². The molecule has 8 rings (SSSR count). The van der Waals surface area contributed by atoms with Crippen LogP contribution < -0.4 is 9.64 Å². The number of hydrogen-bond acceptors (Lipinski definition) is 6. The summed E-state index contributed by atoms with van der Waals surface area (Å²) in [7, 11) is 0. The second-order valence-corrected chi connectivity index (χ2v) is 12.2. The molecule has 1 atom stereocenters. The number of benzene rings is 2. The van der Waals surface area contributed by atoms with Crippen molar-refractivity contribution in [3.63, 3.8) is 0 Å². The van der Waals surface area contributed by atoms with E-state index in [0.717, 1.165) is 35.5 Å². The van der Waals surface area contributed by atoms with Crippen LogP contribution in [0.4, 0.5) is 5.82 Å². The number of hydrogen-bond donors (Lipinski definition) is 0. The summed E-state index contributed by atoms with van der Waals surface area (Å²) < 4.78 is 6.61. The van der Waals surface area contributed by atoms with Crippen LogP contribution in [0.2, 0.25) is 0 Å². The predicted molar refractivity (Wildman–Crippen MR) is 157 cm³/mol. The fourth-order valence-corrected chi connectivity index (χ4v) is 8.03. The zero-order valence-electron chi connectivity index (χ0n) is 23.0. The fourth-order valence-electron chi connectivity index (χ4n) is 8.03. The van der Waals surface area contributed by atoms with E-state index >= 15 is 0 Å². The van der Waals surface area contributed by atoms with Crippen LogP contribution in [0.1, 0.15) is 75.3 Å². The van der Waals surface area contributed by atoms with Crippen molar-refractivity contribution in [2.45, 2.75) is 69.7 Å². The smallest absolute Gasteiger partial charge is 0.319 e. The maximum atomic E-state index is 6.61. The Morgan fingerprint density at radius 1 is 0.897 bits per heavy atom. The third-order valence-electron chi connectivity index (χ3n) is 10.0. The Balaban J connectivity index is 1.30. The van der Waals surface area contributed by atoms with Gasteiger partial charge >= 0.3 is 6.01 Å². The van der Waals surface area contributed by atoms with Crippen LogP contribution >= 0.6 is 0 Å². The lowest BCUT2D eigenvalue weighted by molar-refractivity contribution is 0.108. The summed E-state index contributed by atoms with van der Waals surface area (Å²) in [5.41, 5.74) is 6.01. The van der Waals surface area contributed by atoms with E-state index in [1.54, 1.807) is 0 Å². The van der Waals surface area contributed by atoms with Gasteiger partial charge in [-0.2, -0.15) is 9.97 Å². The van der Waals surface area contributed by atoms with Gasteiger partial charge in [0.1, 0.15) is 12.4 Å². The van der Waals surface area contributed by atoms with Crippen LogP contribution in [0, 0.1) is 0 Å². The van der Waals surface area contributed by atoms with Crippen LogP contribution in [0.3, 0.4) is 0 Å². The Kier molecular flexibility index (Phi) is 5.55. The first-order chi connectivity index (χ1) is 19.2. The number of nitrogens with zero attached hydrogens (tertiary/aromatic N) is 5. The van der Waals surface area contributed by atoms with Crippen molar-refractivity contribution in [2.24, 2.45) is 0 Å². The molecule has 6 nitrogen and oxygen atoms in total. The molecule has 2 aromatic heterocycles. The number of anilines is 1. The van der Waals surface area contributed by atoms with Crippen molar-refractivity contribution in [2.75, 3.05) is 37.7 Å². The van der Waals surface area contributed by atoms with Gasteiger partial charge in [0.2, 0.25) is 0 Å². The molecule has 0 amide bonds. The van der Waals surface area contributed by atoms with E-state index < -0.39 is 0 Å². The second-order valence-electron chi connectivity index (χ2n) is 12.2. The molecule has 6 heteroatoms. The van der Waals surface area contributed by atoms with Crippen molar-refractivity contribution in [1.29, 1.82) is 0 Å². The Labute approximate surface area is 230 Å². The average Bonchev–Trinajstić information content (AvgIpc) is 3.43. The SMILES string of the molecule is CC1c2c(ncc3c(N4CCCCCC4)nc(OCC45CCCN4CCC5)nc23)-c2cccc3cccc1c23. The summed E-state index contributed by atoms with van der Waals surface area (Å²) in [4.78, 5) is 20.6. The van der Waals surface area contributed by atoms with Crippen LogP contribution in [0.5, 0.6) is 6.01 Å². The van der Waals surface area contributed by atoms with E-state index in [9.17, 15) is 0 Å². The minimum absolute atomic E-state index is 0.167. The molecule has 3 saturated heterocycles. The van der Waals surface area contributed by atoms with Crippen LogP contribution in [-0.2, 0) is 0 Å². The summed E-state index contributed by atoms with van der Waals surface area (Å²) >= 11 is 0. The van der Waals surface area contributed by atoms with Gasteiger partial charge in [-0.1, -0.05) is 56.2 Å². The highest BCUT2D eigenvalue weighted by molar-refractivity contribution is 6.05. The first kappa shape index (κ1) is 23.6. The maximum absolute atomic E-state index is 6.61. The molecule has 0 bridgehead atoms. The highest BCUT2D eigenvalue weighted by Gasteiger charge is 2.45. The minimum Gasteiger partial charge on any atom is -0.461 e. The molecule has 0 N–H and O–H groups in total. The molecule has 0 spiro atoms. The summed E-state index contributed by atoms with van der Waals surface area (Å²) in [6.45, 7) is 7.44. The largest absolute Gasteiger partial charge is 0.461 e. The van der Waals surface area contributed by atoms with Gasteiger partial charge < -0.3 is 9.64 Å². The number of aromatic nitrogens is 3.